The molecule has 1 aliphatic rings. The van der Waals surface area contributed by atoms with Gasteiger partial charge in [0.1, 0.15) is 10.8 Å². The lowest BCUT2D eigenvalue weighted by molar-refractivity contribution is -0.116. The molecule has 0 saturated heterocycles. The van der Waals surface area contributed by atoms with Crippen molar-refractivity contribution in [1.29, 1.82) is 0 Å². The minimum absolute atomic E-state index is 0.151. The molecular weight excluding hydrogens is 342 g/mol. The van der Waals surface area contributed by atoms with Gasteiger partial charge in [0.15, 0.2) is 0 Å². The largest absolute Gasteiger partial charge is 0.298 e. The fourth-order valence-corrected chi connectivity index (χ4v) is 4.08. The number of hydrogen-bond donors (Lipinski definition) is 0. The molecule has 0 spiro atoms. The molecule has 0 radical (unpaired) electrons. The van der Waals surface area contributed by atoms with Crippen LogP contribution in [0.5, 0.6) is 0 Å². The normalized spacial score (nSPS) is 16.3. The van der Waals surface area contributed by atoms with Crippen molar-refractivity contribution in [3.05, 3.63) is 65.0 Å². The lowest BCUT2D eigenvalue weighted by Crippen LogP contribution is -2.20. The van der Waals surface area contributed by atoms with Crippen molar-refractivity contribution < 1.29 is 4.79 Å². The Morgan fingerprint density at radius 1 is 1.19 bits per heavy atom. The minimum atomic E-state index is 0.151. The highest BCUT2D eigenvalue weighted by atomic mass is 32.2. The molecule has 0 amide bonds. The number of ketones is 1. The Bertz CT molecular complexity index is 859. The van der Waals surface area contributed by atoms with Crippen molar-refractivity contribution in [1.82, 2.24) is 4.98 Å². The number of carbonyl (C=O) groups is 1. The maximum absolute atomic E-state index is 12.4. The molecule has 4 nitrogen and oxygen atoms in total. The van der Waals surface area contributed by atoms with Crippen molar-refractivity contribution >= 4 is 28.3 Å². The van der Waals surface area contributed by atoms with E-state index in [1.54, 1.807) is 6.20 Å². The van der Waals surface area contributed by atoms with E-state index in [1.165, 1.54) is 22.9 Å². The van der Waals surface area contributed by atoms with Crippen LogP contribution >= 0.6 is 11.8 Å². The van der Waals surface area contributed by atoms with Crippen LogP contribution in [0.2, 0.25) is 0 Å². The maximum Gasteiger partial charge on any atom is 0.147 e. The smallest absolute Gasteiger partial charge is 0.147 e. The number of Topliss-reactive ketones (excluding diaryl/α,β-unsaturated/α-hetero) is 1. The van der Waals surface area contributed by atoms with Crippen LogP contribution < -0.4 is 0 Å². The van der Waals surface area contributed by atoms with Gasteiger partial charge < -0.3 is 0 Å². The zero-order chi connectivity index (χ0) is 18.5. The highest BCUT2D eigenvalue weighted by Gasteiger charge is 2.27. The molecule has 3 rings (SSSR count). The van der Waals surface area contributed by atoms with E-state index in [9.17, 15) is 4.79 Å². The second-order valence-corrected chi connectivity index (χ2v) is 7.56. The monoisotopic (exact) mass is 365 g/mol. The Kier molecular flexibility index (Phi) is 5.99. The standard InChI is InChI=1S/C21H23N3OS/c1-4-19-20(17-6-5-9-22-12-17)23-24-21(19)26-13-18(25)11-16-8-7-14(2)10-15(16)3/h5-10,12,19H,4,11,13H2,1-3H3. The summed E-state index contributed by atoms with van der Waals surface area (Å²) >= 11 is 1.52. The van der Waals surface area contributed by atoms with E-state index in [0.29, 0.717) is 12.2 Å². The molecule has 0 aliphatic carbocycles. The third-order valence-electron chi connectivity index (χ3n) is 4.52. The highest BCUT2D eigenvalue weighted by molar-refractivity contribution is 8.14. The Balaban J connectivity index is 1.59. The molecule has 0 N–H and O–H groups in total. The van der Waals surface area contributed by atoms with Gasteiger partial charge in [-0.05, 0) is 43.5 Å². The van der Waals surface area contributed by atoms with Gasteiger partial charge in [0.25, 0.3) is 0 Å². The van der Waals surface area contributed by atoms with Gasteiger partial charge in [-0.25, -0.2) is 0 Å². The molecule has 1 aromatic carbocycles. The number of aryl methyl sites for hydroxylation is 2. The number of aromatic nitrogens is 1. The van der Waals surface area contributed by atoms with Gasteiger partial charge in [0.05, 0.1) is 17.4 Å². The molecule has 1 aliphatic heterocycles. The SMILES string of the molecule is CCC1C(SCC(=O)Cc2ccc(C)cc2C)=NN=C1c1cccnc1. The van der Waals surface area contributed by atoms with Crippen LogP contribution in [0, 0.1) is 19.8 Å². The zero-order valence-electron chi connectivity index (χ0n) is 15.4. The predicted octanol–water partition coefficient (Wildman–Crippen LogP) is 4.39. The topological polar surface area (TPSA) is 54.7 Å². The van der Waals surface area contributed by atoms with E-state index < -0.39 is 0 Å². The summed E-state index contributed by atoms with van der Waals surface area (Å²) in [6.07, 6.45) is 4.95. The van der Waals surface area contributed by atoms with Crippen molar-refractivity contribution in [3.8, 4) is 0 Å². The summed E-state index contributed by atoms with van der Waals surface area (Å²) in [5, 5.41) is 9.63. The van der Waals surface area contributed by atoms with Crippen molar-refractivity contribution in [2.24, 2.45) is 16.1 Å². The first kappa shape index (κ1) is 18.5. The second kappa shape index (κ2) is 8.41. The summed E-state index contributed by atoms with van der Waals surface area (Å²) < 4.78 is 0. The first-order valence-electron chi connectivity index (χ1n) is 8.85. The van der Waals surface area contributed by atoms with Gasteiger partial charge in [-0.15, -0.1) is 16.9 Å². The van der Waals surface area contributed by atoms with Gasteiger partial charge in [-0.1, -0.05) is 30.7 Å². The summed E-state index contributed by atoms with van der Waals surface area (Å²) in [5.74, 6) is 0.797. The van der Waals surface area contributed by atoms with E-state index >= 15 is 0 Å². The van der Waals surface area contributed by atoms with Crippen molar-refractivity contribution in [2.45, 2.75) is 33.6 Å². The molecule has 0 fully saturated rings. The molecule has 1 atom stereocenters. The Labute approximate surface area is 158 Å². The summed E-state index contributed by atoms with van der Waals surface area (Å²) in [7, 11) is 0. The van der Waals surface area contributed by atoms with Crippen molar-refractivity contribution in [2.75, 3.05) is 5.75 Å². The molecule has 0 bridgehead atoms. The molecular formula is C21H23N3OS. The highest BCUT2D eigenvalue weighted by Crippen LogP contribution is 2.27. The molecule has 1 unspecified atom stereocenters. The van der Waals surface area contributed by atoms with Crippen LogP contribution in [0.1, 0.15) is 35.6 Å². The quantitative estimate of drug-likeness (QED) is 0.763. The van der Waals surface area contributed by atoms with Crippen LogP contribution in [0.4, 0.5) is 0 Å². The average molecular weight is 366 g/mol. The first-order chi connectivity index (χ1) is 12.6. The van der Waals surface area contributed by atoms with E-state index in [-0.39, 0.29) is 11.7 Å². The third kappa shape index (κ3) is 4.28. The first-order valence-corrected chi connectivity index (χ1v) is 9.83. The number of nitrogens with zero attached hydrogens (tertiary/aromatic N) is 3. The molecule has 26 heavy (non-hydrogen) atoms. The lowest BCUT2D eigenvalue weighted by atomic mass is 9.97. The Hall–Kier alpha value is -2.27. The van der Waals surface area contributed by atoms with Gasteiger partial charge in [-0.2, -0.15) is 5.10 Å². The molecule has 0 saturated carbocycles. The van der Waals surface area contributed by atoms with Gasteiger partial charge in [-0.3, -0.25) is 9.78 Å². The van der Waals surface area contributed by atoms with Crippen LogP contribution in [0.3, 0.4) is 0 Å². The lowest BCUT2D eigenvalue weighted by Gasteiger charge is -2.13. The Morgan fingerprint density at radius 3 is 2.73 bits per heavy atom. The van der Waals surface area contributed by atoms with E-state index in [2.05, 4.69) is 54.2 Å². The number of rotatable bonds is 6. The number of carbonyl (C=O) groups excluding carboxylic acids is 1. The van der Waals surface area contributed by atoms with Gasteiger partial charge in [0, 0.05) is 24.4 Å². The minimum Gasteiger partial charge on any atom is -0.298 e. The third-order valence-corrected chi connectivity index (χ3v) is 5.65. The molecule has 2 heterocycles. The van der Waals surface area contributed by atoms with Crippen LogP contribution in [0.15, 0.2) is 52.9 Å². The maximum atomic E-state index is 12.4. The summed E-state index contributed by atoms with van der Waals surface area (Å²) in [4.78, 5) is 16.6. The van der Waals surface area contributed by atoms with Gasteiger partial charge >= 0.3 is 0 Å². The van der Waals surface area contributed by atoms with E-state index in [1.807, 2.05) is 18.3 Å². The van der Waals surface area contributed by atoms with Crippen LogP contribution in [-0.2, 0) is 11.2 Å². The molecule has 1 aromatic heterocycles. The van der Waals surface area contributed by atoms with E-state index in [0.717, 1.165) is 28.3 Å². The number of benzene rings is 1. The Morgan fingerprint density at radius 2 is 2.04 bits per heavy atom. The van der Waals surface area contributed by atoms with E-state index in [4.69, 9.17) is 0 Å². The molecule has 5 heteroatoms. The number of pyridine rings is 1. The van der Waals surface area contributed by atoms with Crippen LogP contribution in [-0.4, -0.2) is 27.3 Å². The number of hydrogen-bond acceptors (Lipinski definition) is 5. The zero-order valence-corrected chi connectivity index (χ0v) is 16.2. The summed E-state index contributed by atoms with van der Waals surface area (Å²) in [6, 6.07) is 10.1. The van der Waals surface area contributed by atoms with Crippen LogP contribution in [0.25, 0.3) is 0 Å². The van der Waals surface area contributed by atoms with Crippen molar-refractivity contribution in [3.63, 3.8) is 0 Å². The summed E-state index contributed by atoms with van der Waals surface area (Å²) in [5.41, 5.74) is 5.45. The predicted molar refractivity (Wildman–Crippen MR) is 109 cm³/mol. The average Bonchev–Trinajstić information content (AvgIpc) is 3.06. The molecule has 2 aromatic rings. The molecule has 134 valence electrons. The summed E-state index contributed by atoms with van der Waals surface area (Å²) in [6.45, 7) is 6.25. The number of thioether (sulfide) groups is 1. The second-order valence-electron chi connectivity index (χ2n) is 6.56. The van der Waals surface area contributed by atoms with Gasteiger partial charge in [0.2, 0.25) is 0 Å². The fourth-order valence-electron chi connectivity index (χ4n) is 3.09. The fraction of sp³-hybridized carbons (Fsp3) is 0.333.